The molecule has 0 heterocycles. The number of hydrogen-bond donors (Lipinski definition) is 2. The van der Waals surface area contributed by atoms with Crippen molar-refractivity contribution in [2.24, 2.45) is 0 Å². The van der Waals surface area contributed by atoms with Crippen LogP contribution >= 0.6 is 0 Å². The summed E-state index contributed by atoms with van der Waals surface area (Å²) in [7, 11) is 0. The van der Waals surface area contributed by atoms with Crippen LogP contribution in [0, 0.1) is 0 Å². The lowest BCUT2D eigenvalue weighted by Gasteiger charge is -2.10. The molecule has 1 aromatic rings. The number of nitrogen functional groups attached to an aromatic ring is 1. The van der Waals surface area contributed by atoms with Crippen LogP contribution in [0.1, 0.15) is 0 Å². The number of phenols is 1. The van der Waals surface area contributed by atoms with E-state index in [-0.39, 0.29) is 5.69 Å². The molecule has 0 unspecified atom stereocenters. The average molecular weight is 193 g/mol. The Kier molecular flexibility index (Phi) is 2.22. The molecule has 0 radical (unpaired) electrons. The van der Waals surface area contributed by atoms with E-state index in [9.17, 15) is 13.2 Å². The van der Waals surface area contributed by atoms with E-state index in [2.05, 4.69) is 4.74 Å². The fourth-order valence-corrected chi connectivity index (χ4v) is 0.737. The van der Waals surface area contributed by atoms with E-state index in [0.29, 0.717) is 0 Å². The molecule has 1 rings (SSSR count). The summed E-state index contributed by atoms with van der Waals surface area (Å²) in [4.78, 5) is 0. The van der Waals surface area contributed by atoms with Gasteiger partial charge in [0, 0.05) is 11.8 Å². The molecule has 0 aliphatic heterocycles. The average Bonchev–Trinajstić information content (AvgIpc) is 1.94. The summed E-state index contributed by atoms with van der Waals surface area (Å²) in [5.74, 6) is -1.31. The van der Waals surface area contributed by atoms with Crippen LogP contribution < -0.4 is 10.5 Å². The molecule has 1 aromatic carbocycles. The molecule has 0 aromatic heterocycles. The van der Waals surface area contributed by atoms with Crippen LogP contribution in [0.15, 0.2) is 18.2 Å². The second-order valence-corrected chi connectivity index (χ2v) is 2.27. The van der Waals surface area contributed by atoms with Crippen molar-refractivity contribution in [2.75, 3.05) is 5.73 Å². The van der Waals surface area contributed by atoms with Crippen molar-refractivity contribution in [3.8, 4) is 11.5 Å². The van der Waals surface area contributed by atoms with Crippen LogP contribution in [0.3, 0.4) is 0 Å². The Morgan fingerprint density at radius 3 is 2.46 bits per heavy atom. The van der Waals surface area contributed by atoms with Crippen molar-refractivity contribution in [1.82, 2.24) is 0 Å². The van der Waals surface area contributed by atoms with Gasteiger partial charge >= 0.3 is 6.36 Å². The van der Waals surface area contributed by atoms with Gasteiger partial charge in [0.25, 0.3) is 0 Å². The Hall–Kier alpha value is -1.59. The van der Waals surface area contributed by atoms with E-state index in [1.807, 2.05) is 0 Å². The van der Waals surface area contributed by atoms with E-state index in [1.54, 1.807) is 0 Å². The van der Waals surface area contributed by atoms with Gasteiger partial charge in [0.1, 0.15) is 0 Å². The topological polar surface area (TPSA) is 55.5 Å². The van der Waals surface area contributed by atoms with Crippen LogP contribution in [-0.4, -0.2) is 11.5 Å². The van der Waals surface area contributed by atoms with E-state index < -0.39 is 17.9 Å². The van der Waals surface area contributed by atoms with E-state index in [4.69, 9.17) is 10.8 Å². The van der Waals surface area contributed by atoms with Gasteiger partial charge in [0.2, 0.25) is 0 Å². The molecule has 0 amide bonds. The molecule has 6 heteroatoms. The smallest absolute Gasteiger partial charge is 0.504 e. The predicted octanol–water partition coefficient (Wildman–Crippen LogP) is 1.87. The number of alkyl halides is 3. The zero-order valence-corrected chi connectivity index (χ0v) is 6.30. The number of aromatic hydroxyl groups is 1. The molecule has 0 saturated carbocycles. The minimum atomic E-state index is -4.83. The first-order valence-electron chi connectivity index (χ1n) is 3.23. The third kappa shape index (κ3) is 2.73. The molecule has 0 saturated heterocycles. The van der Waals surface area contributed by atoms with Crippen molar-refractivity contribution in [3.05, 3.63) is 18.2 Å². The first kappa shape index (κ1) is 9.50. The highest BCUT2D eigenvalue weighted by Gasteiger charge is 2.32. The second-order valence-electron chi connectivity index (χ2n) is 2.27. The maximum atomic E-state index is 11.7. The third-order valence-electron chi connectivity index (χ3n) is 1.21. The molecule has 0 aliphatic rings. The Bertz CT molecular complexity index is 311. The highest BCUT2D eigenvalue weighted by Crippen LogP contribution is 2.32. The van der Waals surface area contributed by atoms with Crippen molar-refractivity contribution in [3.63, 3.8) is 0 Å². The van der Waals surface area contributed by atoms with Gasteiger partial charge in [-0.2, -0.15) is 0 Å². The maximum absolute atomic E-state index is 11.7. The number of hydrogen-bond acceptors (Lipinski definition) is 3. The Morgan fingerprint density at radius 1 is 1.31 bits per heavy atom. The Morgan fingerprint density at radius 2 is 1.92 bits per heavy atom. The SMILES string of the molecule is Nc1ccc(O)c(OC(F)(F)F)c1. The summed E-state index contributed by atoms with van der Waals surface area (Å²) < 4.78 is 38.5. The lowest BCUT2D eigenvalue weighted by Crippen LogP contribution is -2.17. The fourth-order valence-electron chi connectivity index (χ4n) is 0.737. The number of nitrogens with two attached hydrogens (primary N) is 1. The summed E-state index contributed by atoms with van der Waals surface area (Å²) in [6.45, 7) is 0. The minimum absolute atomic E-state index is 0.0806. The predicted molar refractivity (Wildman–Crippen MR) is 39.2 cm³/mol. The van der Waals surface area contributed by atoms with Gasteiger partial charge in [0.05, 0.1) is 0 Å². The van der Waals surface area contributed by atoms with Crippen molar-refractivity contribution < 1.29 is 23.0 Å². The largest absolute Gasteiger partial charge is 0.573 e. The summed E-state index contributed by atoms with van der Waals surface area (Å²) in [5, 5.41) is 8.92. The summed E-state index contributed by atoms with van der Waals surface area (Å²) in [5.41, 5.74) is 5.27. The third-order valence-corrected chi connectivity index (χ3v) is 1.21. The zero-order chi connectivity index (χ0) is 10.1. The quantitative estimate of drug-likeness (QED) is 0.528. The second kappa shape index (κ2) is 3.04. The number of benzene rings is 1. The van der Waals surface area contributed by atoms with Gasteiger partial charge in [-0.05, 0) is 12.1 Å². The molecule has 3 N–H and O–H groups in total. The van der Waals surface area contributed by atoms with Crippen molar-refractivity contribution >= 4 is 5.69 Å². The lowest BCUT2D eigenvalue weighted by atomic mass is 10.3. The van der Waals surface area contributed by atoms with E-state index >= 15 is 0 Å². The van der Waals surface area contributed by atoms with Gasteiger partial charge < -0.3 is 15.6 Å². The van der Waals surface area contributed by atoms with Crippen LogP contribution in [0.5, 0.6) is 11.5 Å². The molecule has 0 bridgehead atoms. The van der Waals surface area contributed by atoms with Crippen LogP contribution in [0.25, 0.3) is 0 Å². The van der Waals surface area contributed by atoms with Crippen LogP contribution in [-0.2, 0) is 0 Å². The van der Waals surface area contributed by atoms with Gasteiger partial charge in [-0.25, -0.2) is 0 Å². The number of halogens is 3. The molecule has 72 valence electrons. The Labute approximate surface area is 71.5 Å². The van der Waals surface area contributed by atoms with Gasteiger partial charge in [-0.15, -0.1) is 13.2 Å². The highest BCUT2D eigenvalue weighted by molar-refractivity contribution is 5.51. The molecule has 0 atom stereocenters. The number of phenolic OH excluding ortho intramolecular Hbond substituents is 1. The first-order valence-corrected chi connectivity index (χ1v) is 3.23. The van der Waals surface area contributed by atoms with E-state index in [0.717, 1.165) is 12.1 Å². The number of rotatable bonds is 1. The standard InChI is InChI=1S/C7H6F3NO2/c8-7(9,10)13-6-3-4(11)1-2-5(6)12/h1-3,12H,11H2. The van der Waals surface area contributed by atoms with Gasteiger partial charge in [0.15, 0.2) is 11.5 Å². The molecular formula is C7H6F3NO2. The van der Waals surface area contributed by atoms with Crippen molar-refractivity contribution in [2.45, 2.75) is 6.36 Å². The zero-order valence-electron chi connectivity index (χ0n) is 6.30. The minimum Gasteiger partial charge on any atom is -0.504 e. The molecular weight excluding hydrogens is 187 g/mol. The molecule has 3 nitrogen and oxygen atoms in total. The highest BCUT2D eigenvalue weighted by atomic mass is 19.4. The number of ether oxygens (including phenoxy) is 1. The Balaban J connectivity index is 2.94. The summed E-state index contributed by atoms with van der Waals surface area (Å²) in [6.07, 6.45) is -4.83. The normalized spacial score (nSPS) is 11.3. The fraction of sp³-hybridized carbons (Fsp3) is 0.143. The molecule has 13 heavy (non-hydrogen) atoms. The van der Waals surface area contributed by atoms with Crippen molar-refractivity contribution in [1.29, 1.82) is 0 Å². The number of anilines is 1. The molecule has 0 spiro atoms. The van der Waals surface area contributed by atoms with Gasteiger partial charge in [-0.3, -0.25) is 0 Å². The molecule has 0 aliphatic carbocycles. The monoisotopic (exact) mass is 193 g/mol. The summed E-state index contributed by atoms with van der Waals surface area (Å²) in [6, 6.07) is 3.18. The first-order chi connectivity index (χ1) is 5.88. The van der Waals surface area contributed by atoms with Gasteiger partial charge in [-0.1, -0.05) is 0 Å². The molecule has 0 fully saturated rings. The van der Waals surface area contributed by atoms with Crippen LogP contribution in [0.4, 0.5) is 18.9 Å². The van der Waals surface area contributed by atoms with Crippen LogP contribution in [0.2, 0.25) is 0 Å². The summed E-state index contributed by atoms with van der Waals surface area (Å²) >= 11 is 0. The van der Waals surface area contributed by atoms with E-state index in [1.165, 1.54) is 6.07 Å². The maximum Gasteiger partial charge on any atom is 0.573 e. The lowest BCUT2D eigenvalue weighted by molar-refractivity contribution is -0.275.